The first kappa shape index (κ1) is 61.2. The van der Waals surface area contributed by atoms with Gasteiger partial charge in [0.2, 0.25) is 0 Å². The van der Waals surface area contributed by atoms with Crippen molar-refractivity contribution in [3.63, 3.8) is 0 Å². The molecule has 24 heteroatoms. The second-order valence-electron chi connectivity index (χ2n) is 13.8. The molecule has 0 spiro atoms. The average Bonchev–Trinajstić information content (AvgIpc) is 4.27. The summed E-state index contributed by atoms with van der Waals surface area (Å²) in [5.74, 6) is 26.6. The summed E-state index contributed by atoms with van der Waals surface area (Å²) in [6.45, 7) is 4.35. The van der Waals surface area contributed by atoms with E-state index >= 15 is 0 Å². The Bertz CT molecular complexity index is 2250. The number of rotatable bonds is 24. The van der Waals surface area contributed by atoms with Crippen molar-refractivity contribution in [2.24, 2.45) is 0 Å². The van der Waals surface area contributed by atoms with Crippen LogP contribution in [-0.2, 0) is 28.4 Å². The van der Waals surface area contributed by atoms with Crippen molar-refractivity contribution in [3.05, 3.63) is 117 Å². The first-order valence-corrected chi connectivity index (χ1v) is 37.4. The molecule has 6 aliphatic heterocycles. The van der Waals surface area contributed by atoms with Gasteiger partial charge in [-0.25, -0.2) is 0 Å². The lowest BCUT2D eigenvalue weighted by Crippen LogP contribution is -1.92. The van der Waals surface area contributed by atoms with Crippen LogP contribution in [0, 0.1) is 35.5 Å². The fraction of sp³-hybridized carbons (Fsp3) is 0.375. The molecule has 0 radical (unpaired) electrons. The molecule has 6 nitrogen and oxygen atoms in total. The summed E-state index contributed by atoms with van der Waals surface area (Å²) in [6, 6.07) is 6.29. The highest BCUT2D eigenvalue weighted by molar-refractivity contribution is 8.44. The van der Waals surface area contributed by atoms with Crippen molar-refractivity contribution in [1.82, 2.24) is 0 Å². The van der Waals surface area contributed by atoms with Crippen molar-refractivity contribution in [2.75, 3.05) is 117 Å². The van der Waals surface area contributed by atoms with Crippen molar-refractivity contribution < 1.29 is 28.4 Å². The van der Waals surface area contributed by atoms with Crippen LogP contribution >= 0.6 is 212 Å². The lowest BCUT2D eigenvalue weighted by atomic mass is 10.1. The molecule has 6 heterocycles. The quantitative estimate of drug-likeness (QED) is 0.0728. The fourth-order valence-electron chi connectivity index (χ4n) is 5.35. The van der Waals surface area contributed by atoms with E-state index in [1.165, 1.54) is 50.8 Å². The highest BCUT2D eigenvalue weighted by atomic mass is 32.3. The van der Waals surface area contributed by atoms with E-state index in [9.17, 15) is 0 Å². The zero-order valence-electron chi connectivity index (χ0n) is 39.7. The number of methoxy groups -OCH3 is 6. The Morgan fingerprint density at radius 2 is 0.528 bits per heavy atom. The van der Waals surface area contributed by atoms with Crippen LogP contribution in [0.15, 0.2) is 100.0 Å². The van der Waals surface area contributed by atoms with Gasteiger partial charge < -0.3 is 28.4 Å². The maximum atomic E-state index is 5.35. The van der Waals surface area contributed by atoms with Gasteiger partial charge in [0.1, 0.15) is 0 Å². The third-order valence-electron chi connectivity index (χ3n) is 8.59. The lowest BCUT2D eigenvalue weighted by molar-refractivity contribution is 0.218. The van der Waals surface area contributed by atoms with E-state index in [4.69, 9.17) is 28.4 Å². The average molecular weight is 1300 g/mol. The topological polar surface area (TPSA) is 55.4 Å². The van der Waals surface area contributed by atoms with Gasteiger partial charge in [0.05, 0.1) is 105 Å². The minimum atomic E-state index is 0.725. The van der Waals surface area contributed by atoms with Gasteiger partial charge in [0.25, 0.3) is 0 Å². The summed E-state index contributed by atoms with van der Waals surface area (Å²) < 4.78 is 48.0. The van der Waals surface area contributed by atoms with Gasteiger partial charge >= 0.3 is 0 Å². The van der Waals surface area contributed by atoms with E-state index in [0.717, 1.165) is 106 Å². The standard InChI is InChI=1S/C48H48O6S18/c1-49-13-19-55-37-38(56-20-14-50-2)68-46(67-37)43-61-28-34(64-43)10-7-31-25-32(8-11-35-29-62-44(65-35)47-69-39(57-21-15-51-3)40(70-47)58-22-16-52-4)27-33(26-31)9-12-36-30-63-45(66-36)48-71-41(59-23-17-53-5)42(72-48)60-24-18-54-6/h25-30H,13-24H2,1-6H3. The summed E-state index contributed by atoms with van der Waals surface area (Å²) in [7, 11) is 10.5. The normalized spacial score (nSPS) is 17.8. The molecule has 0 aromatic heterocycles. The Hall–Kier alpha value is 1.62. The number of hydrogen-bond donors (Lipinski definition) is 0. The van der Waals surface area contributed by atoms with Crippen LogP contribution in [0.1, 0.15) is 16.7 Å². The number of allylic oxidation sites excluding steroid dienone is 3. The van der Waals surface area contributed by atoms with E-state index in [1.54, 1.807) is 113 Å². The van der Waals surface area contributed by atoms with Crippen molar-refractivity contribution in [2.45, 2.75) is 0 Å². The van der Waals surface area contributed by atoms with Gasteiger partial charge in [-0.1, -0.05) is 177 Å². The summed E-state index contributed by atoms with van der Waals surface area (Å²) in [5, 5.41) is 6.54. The highest BCUT2D eigenvalue weighted by Gasteiger charge is 2.30. The molecule has 1 aromatic carbocycles. The van der Waals surface area contributed by atoms with Gasteiger partial charge in [-0.3, -0.25) is 0 Å². The number of thioether (sulfide) groups is 18. The van der Waals surface area contributed by atoms with Gasteiger partial charge in [0, 0.05) is 93.9 Å². The maximum absolute atomic E-state index is 5.35. The highest BCUT2D eigenvalue weighted by Crippen LogP contribution is 2.65. The molecule has 0 saturated heterocycles. The minimum absolute atomic E-state index is 0.725. The zero-order chi connectivity index (χ0) is 50.3. The first-order valence-electron chi connectivity index (χ1n) is 21.5. The lowest BCUT2D eigenvalue weighted by Gasteiger charge is -2.04. The van der Waals surface area contributed by atoms with Crippen LogP contribution < -0.4 is 0 Å². The fourth-order valence-corrected chi connectivity index (χ4v) is 29.9. The Kier molecular flexibility index (Phi) is 29.5. The SMILES string of the molecule is COCCSC1=C(SCCOC)SC(=C2SC=C(C#Cc3cc(C#CC4=CSC(=C5SC(SCCOC)=C(SCCOC)S5)S4)cc(C#CC4=CSC(=C5SC(SCCOC)=C(SCCOC)S5)S4)c3)S2)S1. The Morgan fingerprint density at radius 1 is 0.306 bits per heavy atom. The summed E-state index contributed by atoms with van der Waals surface area (Å²) >= 11 is 33.0. The van der Waals surface area contributed by atoms with Crippen LogP contribution in [0.4, 0.5) is 0 Å². The Morgan fingerprint density at radius 3 is 0.736 bits per heavy atom. The third-order valence-corrected chi connectivity index (χ3v) is 33.4. The van der Waals surface area contributed by atoms with E-state index in [-0.39, 0.29) is 0 Å². The van der Waals surface area contributed by atoms with Crippen molar-refractivity contribution in [3.8, 4) is 35.5 Å². The van der Waals surface area contributed by atoms with E-state index in [1.807, 2.05) is 141 Å². The summed E-state index contributed by atoms with van der Waals surface area (Å²) in [5.41, 5.74) is 2.66. The monoisotopic (exact) mass is 1300 g/mol. The Balaban J connectivity index is 1.08. The Labute approximate surface area is 502 Å². The molecule has 6 aliphatic rings. The molecular weight excluding hydrogens is 1250 g/mol. The predicted molar refractivity (Wildman–Crippen MR) is 351 cm³/mol. The molecule has 1 aromatic rings. The largest absolute Gasteiger partial charge is 0.384 e. The van der Waals surface area contributed by atoms with Gasteiger partial charge in [-0.05, 0) is 34.4 Å². The van der Waals surface area contributed by atoms with Crippen LogP contribution in [0.5, 0.6) is 0 Å². The zero-order valence-corrected chi connectivity index (χ0v) is 54.4. The van der Waals surface area contributed by atoms with Gasteiger partial charge in [0.15, 0.2) is 0 Å². The minimum Gasteiger partial charge on any atom is -0.384 e. The third kappa shape index (κ3) is 20.0. The van der Waals surface area contributed by atoms with Crippen LogP contribution in [0.3, 0.4) is 0 Å². The number of ether oxygens (including phenoxy) is 6. The molecular formula is C48H48O6S18. The smallest absolute Gasteiger partial charge is 0.0717 e. The van der Waals surface area contributed by atoms with Gasteiger partial charge in [-0.15, -0.1) is 70.6 Å². The summed E-state index contributed by atoms with van der Waals surface area (Å²) in [4.78, 5) is 3.10. The first-order chi connectivity index (χ1) is 35.4. The van der Waals surface area contributed by atoms with Crippen LogP contribution in [-0.4, -0.2) is 117 Å². The molecule has 384 valence electrons. The molecule has 0 unspecified atom stereocenters. The van der Waals surface area contributed by atoms with Crippen molar-refractivity contribution in [1.29, 1.82) is 0 Å². The molecule has 0 atom stereocenters. The van der Waals surface area contributed by atoms with E-state index < -0.39 is 0 Å². The van der Waals surface area contributed by atoms with Gasteiger partial charge in [-0.2, -0.15) is 0 Å². The van der Waals surface area contributed by atoms with E-state index in [0.29, 0.717) is 0 Å². The maximum Gasteiger partial charge on any atom is 0.0717 e. The van der Waals surface area contributed by atoms with Crippen LogP contribution in [0.2, 0.25) is 0 Å². The number of hydrogen-bond acceptors (Lipinski definition) is 24. The molecule has 7 rings (SSSR count). The molecule has 0 N–H and O–H groups in total. The second kappa shape index (κ2) is 34.7. The van der Waals surface area contributed by atoms with Crippen molar-refractivity contribution >= 4 is 212 Å². The molecule has 0 amide bonds. The molecule has 0 fully saturated rings. The van der Waals surface area contributed by atoms with E-state index in [2.05, 4.69) is 69.9 Å². The molecule has 0 aliphatic carbocycles. The predicted octanol–water partition coefficient (Wildman–Crippen LogP) is 17.2. The molecule has 0 bridgehead atoms. The molecule has 0 saturated carbocycles. The number of benzene rings is 1. The second-order valence-corrected chi connectivity index (χ2v) is 35.4. The van der Waals surface area contributed by atoms with Crippen LogP contribution in [0.25, 0.3) is 0 Å². The molecule has 72 heavy (non-hydrogen) atoms. The summed E-state index contributed by atoms with van der Waals surface area (Å²) in [6.07, 6.45) is 0.